The van der Waals surface area contributed by atoms with Gasteiger partial charge in [0.05, 0.1) is 18.8 Å². The molecule has 1 aromatic carbocycles. The lowest BCUT2D eigenvalue weighted by Crippen LogP contribution is -1.98. The van der Waals surface area contributed by atoms with E-state index in [0.29, 0.717) is 0 Å². The summed E-state index contributed by atoms with van der Waals surface area (Å²) in [4.78, 5) is 4.74. The lowest BCUT2D eigenvalue weighted by atomic mass is 10.1. The molecule has 6 nitrogen and oxygen atoms in total. The predicted octanol–water partition coefficient (Wildman–Crippen LogP) is 3.13. The van der Waals surface area contributed by atoms with E-state index in [4.69, 9.17) is 9.72 Å². The summed E-state index contributed by atoms with van der Waals surface area (Å²) >= 11 is 1.50. The molecule has 0 radical (unpaired) electrons. The van der Waals surface area contributed by atoms with E-state index in [9.17, 15) is 0 Å². The van der Waals surface area contributed by atoms with Crippen LogP contribution in [0.5, 0.6) is 5.75 Å². The van der Waals surface area contributed by atoms with Crippen molar-refractivity contribution in [2.24, 2.45) is 5.10 Å². The van der Waals surface area contributed by atoms with Crippen LogP contribution in [0, 0.1) is 0 Å². The summed E-state index contributed by atoms with van der Waals surface area (Å²) in [5.74, 6) is 1.70. The SMILES string of the molecule is CCCc1nnc2n1N=Cc1cc3cc(OC)ccc3nc1S2. The van der Waals surface area contributed by atoms with Crippen molar-refractivity contribution in [1.29, 1.82) is 0 Å². The molecule has 3 heterocycles. The van der Waals surface area contributed by atoms with E-state index in [-0.39, 0.29) is 0 Å². The Morgan fingerprint density at radius 2 is 2.13 bits per heavy atom. The van der Waals surface area contributed by atoms with Gasteiger partial charge in [0.25, 0.3) is 0 Å². The number of nitrogens with zero attached hydrogens (tertiary/aromatic N) is 5. The molecule has 0 aliphatic carbocycles. The minimum Gasteiger partial charge on any atom is -0.497 e. The third kappa shape index (κ3) is 2.46. The lowest BCUT2D eigenvalue weighted by Gasteiger charge is -2.05. The van der Waals surface area contributed by atoms with Crippen LogP contribution in [0.4, 0.5) is 0 Å². The molecular weight excluding hydrogens is 310 g/mol. The van der Waals surface area contributed by atoms with Gasteiger partial charge in [0.1, 0.15) is 10.8 Å². The predicted molar refractivity (Wildman–Crippen MR) is 89.4 cm³/mol. The van der Waals surface area contributed by atoms with Crippen LogP contribution in [0.3, 0.4) is 0 Å². The standard InChI is InChI=1S/C16H15N5OS/c1-3-4-14-19-20-16-21(14)17-9-11-7-10-8-12(22-2)5-6-13(10)18-15(11)23-16/h5-9H,3-4H2,1-2H3. The molecule has 116 valence electrons. The summed E-state index contributed by atoms with van der Waals surface area (Å²) in [6.07, 6.45) is 3.69. The van der Waals surface area contributed by atoms with Crippen molar-refractivity contribution < 1.29 is 4.74 Å². The largest absolute Gasteiger partial charge is 0.497 e. The first-order chi connectivity index (χ1) is 11.3. The van der Waals surface area contributed by atoms with Crippen molar-refractivity contribution in [3.63, 3.8) is 0 Å². The van der Waals surface area contributed by atoms with E-state index in [2.05, 4.69) is 28.3 Å². The Morgan fingerprint density at radius 3 is 2.96 bits per heavy atom. The molecule has 7 heteroatoms. The molecule has 0 fully saturated rings. The third-order valence-corrected chi connectivity index (χ3v) is 4.62. The summed E-state index contributed by atoms with van der Waals surface area (Å²) in [7, 11) is 1.66. The fraction of sp³-hybridized carbons (Fsp3) is 0.250. The number of ether oxygens (including phenoxy) is 1. The van der Waals surface area contributed by atoms with Crippen molar-refractivity contribution in [3.05, 3.63) is 35.7 Å². The van der Waals surface area contributed by atoms with E-state index >= 15 is 0 Å². The third-order valence-electron chi connectivity index (χ3n) is 3.67. The quantitative estimate of drug-likeness (QED) is 0.579. The molecule has 2 aromatic heterocycles. The molecule has 0 amide bonds. The first kappa shape index (κ1) is 14.2. The Kier molecular flexibility index (Phi) is 3.49. The topological polar surface area (TPSA) is 65.2 Å². The summed E-state index contributed by atoms with van der Waals surface area (Å²) in [5, 5.41) is 15.7. The van der Waals surface area contributed by atoms with Gasteiger partial charge in [-0.1, -0.05) is 6.92 Å². The molecule has 0 saturated carbocycles. The molecule has 0 bridgehead atoms. The zero-order valence-corrected chi connectivity index (χ0v) is 13.7. The van der Waals surface area contributed by atoms with Crippen molar-refractivity contribution in [2.75, 3.05) is 7.11 Å². The van der Waals surface area contributed by atoms with E-state index in [1.54, 1.807) is 11.8 Å². The number of aromatic nitrogens is 4. The zero-order valence-electron chi connectivity index (χ0n) is 12.9. The first-order valence-electron chi connectivity index (χ1n) is 7.44. The molecule has 0 unspecified atom stereocenters. The maximum Gasteiger partial charge on any atom is 0.218 e. The highest BCUT2D eigenvalue weighted by atomic mass is 32.2. The molecule has 4 rings (SSSR count). The minimum atomic E-state index is 0.754. The zero-order chi connectivity index (χ0) is 15.8. The van der Waals surface area contributed by atoms with Crippen LogP contribution in [0.1, 0.15) is 24.7 Å². The fourth-order valence-corrected chi connectivity index (χ4v) is 3.38. The van der Waals surface area contributed by atoms with Crippen LogP contribution in [-0.4, -0.2) is 33.2 Å². The van der Waals surface area contributed by atoms with E-state index in [0.717, 1.165) is 51.1 Å². The Labute approximate surface area is 137 Å². The van der Waals surface area contributed by atoms with Gasteiger partial charge in [-0.15, -0.1) is 10.2 Å². The second kappa shape index (κ2) is 5.66. The maximum absolute atomic E-state index is 5.28. The second-order valence-electron chi connectivity index (χ2n) is 5.25. The molecule has 23 heavy (non-hydrogen) atoms. The van der Waals surface area contributed by atoms with Crippen LogP contribution < -0.4 is 4.74 Å². The number of pyridine rings is 1. The van der Waals surface area contributed by atoms with Gasteiger partial charge in [-0.05, 0) is 42.4 Å². The van der Waals surface area contributed by atoms with Gasteiger partial charge >= 0.3 is 0 Å². The summed E-state index contributed by atoms with van der Waals surface area (Å²) < 4.78 is 7.09. The summed E-state index contributed by atoms with van der Waals surface area (Å²) in [6, 6.07) is 7.94. The van der Waals surface area contributed by atoms with E-state index < -0.39 is 0 Å². The van der Waals surface area contributed by atoms with Crippen molar-refractivity contribution in [1.82, 2.24) is 19.9 Å². The number of fused-ring (bicyclic) bond motifs is 3. The van der Waals surface area contributed by atoms with Gasteiger partial charge in [0, 0.05) is 17.4 Å². The van der Waals surface area contributed by atoms with Gasteiger partial charge in [-0.3, -0.25) is 0 Å². The highest BCUT2D eigenvalue weighted by Gasteiger charge is 2.18. The summed E-state index contributed by atoms with van der Waals surface area (Å²) in [5.41, 5.74) is 1.90. The first-order valence-corrected chi connectivity index (χ1v) is 8.25. The molecule has 3 aromatic rings. The van der Waals surface area contributed by atoms with E-state index in [1.165, 1.54) is 11.8 Å². The van der Waals surface area contributed by atoms with Crippen molar-refractivity contribution in [2.45, 2.75) is 29.9 Å². The number of rotatable bonds is 3. The smallest absolute Gasteiger partial charge is 0.218 e. The monoisotopic (exact) mass is 325 g/mol. The lowest BCUT2D eigenvalue weighted by molar-refractivity contribution is 0.415. The highest BCUT2D eigenvalue weighted by molar-refractivity contribution is 7.99. The Hall–Kier alpha value is -2.41. The number of hydrogen-bond donors (Lipinski definition) is 0. The molecule has 0 atom stereocenters. The number of hydrogen-bond acceptors (Lipinski definition) is 6. The van der Waals surface area contributed by atoms with Crippen LogP contribution in [0.15, 0.2) is 39.5 Å². The van der Waals surface area contributed by atoms with Crippen LogP contribution >= 0.6 is 11.8 Å². The Morgan fingerprint density at radius 1 is 1.22 bits per heavy atom. The number of aryl methyl sites for hydroxylation is 1. The average molecular weight is 325 g/mol. The van der Waals surface area contributed by atoms with Crippen LogP contribution in [0.2, 0.25) is 0 Å². The normalized spacial score (nSPS) is 12.8. The minimum absolute atomic E-state index is 0.754. The molecular formula is C16H15N5OS. The van der Waals surface area contributed by atoms with Gasteiger partial charge in [-0.2, -0.15) is 9.78 Å². The van der Waals surface area contributed by atoms with Gasteiger partial charge in [-0.25, -0.2) is 4.98 Å². The van der Waals surface area contributed by atoms with Gasteiger partial charge < -0.3 is 4.74 Å². The van der Waals surface area contributed by atoms with Gasteiger partial charge in [0.15, 0.2) is 5.82 Å². The van der Waals surface area contributed by atoms with Crippen LogP contribution in [-0.2, 0) is 6.42 Å². The van der Waals surface area contributed by atoms with Gasteiger partial charge in [0.2, 0.25) is 5.16 Å². The van der Waals surface area contributed by atoms with Crippen molar-refractivity contribution in [3.8, 4) is 5.75 Å². The molecule has 0 saturated heterocycles. The Bertz CT molecular complexity index is 918. The summed E-state index contributed by atoms with van der Waals surface area (Å²) in [6.45, 7) is 2.12. The molecule has 0 N–H and O–H groups in total. The maximum atomic E-state index is 5.28. The van der Waals surface area contributed by atoms with Crippen molar-refractivity contribution >= 4 is 28.9 Å². The second-order valence-corrected chi connectivity index (χ2v) is 6.20. The molecule has 1 aliphatic heterocycles. The van der Waals surface area contributed by atoms with E-state index in [1.807, 2.05) is 24.4 Å². The number of benzene rings is 1. The number of methoxy groups -OCH3 is 1. The average Bonchev–Trinajstić information content (AvgIpc) is 2.85. The molecule has 1 aliphatic rings. The van der Waals surface area contributed by atoms with Crippen LogP contribution in [0.25, 0.3) is 10.9 Å². The Balaban J connectivity index is 1.83. The fourth-order valence-electron chi connectivity index (χ4n) is 2.52. The molecule has 0 spiro atoms. The highest BCUT2D eigenvalue weighted by Crippen LogP contribution is 2.32.